The molecule has 0 fully saturated rings. The van der Waals surface area contributed by atoms with Crippen molar-refractivity contribution in [3.05, 3.63) is 35.9 Å². The fraction of sp³-hybridized carbons (Fsp3) is 0.600. The quantitative estimate of drug-likeness (QED) is 0.824. The van der Waals surface area contributed by atoms with Crippen molar-refractivity contribution in [1.29, 1.82) is 0 Å². The van der Waals surface area contributed by atoms with E-state index in [1.807, 2.05) is 13.8 Å². The van der Waals surface area contributed by atoms with Crippen LogP contribution in [0.1, 0.15) is 32.3 Å². The standard InChI is InChI=1S/C15H24F2N2/c1-4-14(5-2,11-18)19(3)12-15(16,17)13-9-7-6-8-10-13/h6-10H,4-5,11-12,18H2,1-3H3. The summed E-state index contributed by atoms with van der Waals surface area (Å²) in [5.74, 6) is -2.86. The van der Waals surface area contributed by atoms with Gasteiger partial charge in [-0.25, -0.2) is 0 Å². The number of hydrogen-bond acceptors (Lipinski definition) is 2. The van der Waals surface area contributed by atoms with Gasteiger partial charge in [-0.2, -0.15) is 8.78 Å². The van der Waals surface area contributed by atoms with Gasteiger partial charge in [0, 0.05) is 17.6 Å². The number of alkyl halides is 2. The lowest BCUT2D eigenvalue weighted by Gasteiger charge is -2.41. The Morgan fingerprint density at radius 2 is 1.63 bits per heavy atom. The van der Waals surface area contributed by atoms with Gasteiger partial charge in [-0.3, -0.25) is 4.90 Å². The maximum Gasteiger partial charge on any atom is 0.285 e. The van der Waals surface area contributed by atoms with Crippen LogP contribution in [-0.4, -0.2) is 30.6 Å². The lowest BCUT2D eigenvalue weighted by Crippen LogP contribution is -2.54. The largest absolute Gasteiger partial charge is 0.329 e. The Hall–Kier alpha value is -1.00. The SMILES string of the molecule is CCC(CC)(CN)N(C)CC(F)(F)c1ccccc1. The Kier molecular flexibility index (Phi) is 5.44. The van der Waals surface area contributed by atoms with E-state index in [9.17, 15) is 8.78 Å². The van der Waals surface area contributed by atoms with Crippen LogP contribution >= 0.6 is 0 Å². The van der Waals surface area contributed by atoms with E-state index in [1.54, 1.807) is 30.1 Å². The molecule has 0 bridgehead atoms. The zero-order chi connectivity index (χ0) is 14.5. The van der Waals surface area contributed by atoms with Gasteiger partial charge in [0.2, 0.25) is 0 Å². The molecule has 19 heavy (non-hydrogen) atoms. The smallest absolute Gasteiger partial charge is 0.285 e. The molecular formula is C15H24F2N2. The molecule has 2 N–H and O–H groups in total. The van der Waals surface area contributed by atoms with Gasteiger partial charge in [-0.15, -0.1) is 0 Å². The summed E-state index contributed by atoms with van der Waals surface area (Å²) >= 11 is 0. The number of likely N-dealkylation sites (N-methyl/N-ethyl adjacent to an activating group) is 1. The number of rotatable bonds is 7. The van der Waals surface area contributed by atoms with Crippen molar-refractivity contribution in [2.75, 3.05) is 20.1 Å². The molecule has 0 saturated heterocycles. The van der Waals surface area contributed by atoms with E-state index < -0.39 is 5.92 Å². The summed E-state index contributed by atoms with van der Waals surface area (Å²) in [6.45, 7) is 4.07. The fourth-order valence-electron chi connectivity index (χ4n) is 2.47. The molecule has 0 saturated carbocycles. The minimum atomic E-state index is -2.86. The van der Waals surface area contributed by atoms with Crippen LogP contribution in [0.2, 0.25) is 0 Å². The molecule has 0 radical (unpaired) electrons. The highest BCUT2D eigenvalue weighted by atomic mass is 19.3. The van der Waals surface area contributed by atoms with Crippen LogP contribution in [0, 0.1) is 0 Å². The van der Waals surface area contributed by atoms with Gasteiger partial charge in [0.1, 0.15) is 0 Å². The maximum absolute atomic E-state index is 14.3. The predicted octanol–water partition coefficient (Wildman–Crippen LogP) is 3.23. The van der Waals surface area contributed by atoms with Gasteiger partial charge in [-0.1, -0.05) is 44.2 Å². The molecule has 2 nitrogen and oxygen atoms in total. The average molecular weight is 270 g/mol. The van der Waals surface area contributed by atoms with Crippen molar-refractivity contribution in [1.82, 2.24) is 4.90 Å². The Labute approximate surface area is 114 Å². The highest BCUT2D eigenvalue weighted by Gasteiger charge is 2.39. The zero-order valence-electron chi connectivity index (χ0n) is 12.0. The topological polar surface area (TPSA) is 29.3 Å². The van der Waals surface area contributed by atoms with Gasteiger partial charge in [-0.05, 0) is 19.9 Å². The highest BCUT2D eigenvalue weighted by Crippen LogP contribution is 2.32. The lowest BCUT2D eigenvalue weighted by atomic mass is 9.90. The number of hydrogen-bond donors (Lipinski definition) is 1. The zero-order valence-corrected chi connectivity index (χ0v) is 12.0. The first kappa shape index (κ1) is 16.1. The van der Waals surface area contributed by atoms with Gasteiger partial charge in [0.25, 0.3) is 5.92 Å². The van der Waals surface area contributed by atoms with Crippen molar-refractivity contribution in [2.45, 2.75) is 38.2 Å². The van der Waals surface area contributed by atoms with Gasteiger partial charge in [0.05, 0.1) is 6.54 Å². The minimum Gasteiger partial charge on any atom is -0.329 e. The second kappa shape index (κ2) is 6.44. The number of benzene rings is 1. The molecule has 0 aliphatic heterocycles. The molecule has 1 aromatic rings. The van der Waals surface area contributed by atoms with Crippen LogP contribution in [0.5, 0.6) is 0 Å². The van der Waals surface area contributed by atoms with Crippen molar-refractivity contribution in [3.8, 4) is 0 Å². The fourth-order valence-corrected chi connectivity index (χ4v) is 2.47. The summed E-state index contributed by atoms with van der Waals surface area (Å²) in [6.07, 6.45) is 1.53. The Morgan fingerprint density at radius 1 is 1.11 bits per heavy atom. The molecule has 1 aromatic carbocycles. The first-order valence-corrected chi connectivity index (χ1v) is 6.76. The second-order valence-corrected chi connectivity index (χ2v) is 5.06. The monoisotopic (exact) mass is 270 g/mol. The molecule has 1 rings (SSSR count). The normalized spacial score (nSPS) is 13.0. The molecule has 0 aromatic heterocycles. The summed E-state index contributed by atoms with van der Waals surface area (Å²) in [7, 11) is 1.73. The third-order valence-corrected chi connectivity index (χ3v) is 4.14. The molecular weight excluding hydrogens is 246 g/mol. The molecule has 0 unspecified atom stereocenters. The molecule has 0 spiro atoms. The maximum atomic E-state index is 14.3. The summed E-state index contributed by atoms with van der Waals surface area (Å²) in [6, 6.07) is 7.95. The van der Waals surface area contributed by atoms with E-state index >= 15 is 0 Å². The van der Waals surface area contributed by atoms with E-state index in [4.69, 9.17) is 5.73 Å². The van der Waals surface area contributed by atoms with E-state index in [1.165, 1.54) is 12.1 Å². The number of nitrogens with two attached hydrogens (primary N) is 1. The van der Waals surface area contributed by atoms with Gasteiger partial charge >= 0.3 is 0 Å². The third-order valence-electron chi connectivity index (χ3n) is 4.14. The number of halogens is 2. The van der Waals surface area contributed by atoms with Crippen LogP contribution < -0.4 is 5.73 Å². The highest BCUT2D eigenvalue weighted by molar-refractivity contribution is 5.20. The van der Waals surface area contributed by atoms with E-state index in [0.717, 1.165) is 12.8 Å². The minimum absolute atomic E-state index is 0.0555. The number of nitrogens with zero attached hydrogens (tertiary/aromatic N) is 1. The molecule has 108 valence electrons. The van der Waals surface area contributed by atoms with Crippen LogP contribution in [0.15, 0.2) is 30.3 Å². The van der Waals surface area contributed by atoms with Crippen molar-refractivity contribution in [3.63, 3.8) is 0 Å². The van der Waals surface area contributed by atoms with E-state index in [2.05, 4.69) is 0 Å². The first-order valence-electron chi connectivity index (χ1n) is 6.76. The van der Waals surface area contributed by atoms with Crippen LogP contribution in [-0.2, 0) is 5.92 Å². The van der Waals surface area contributed by atoms with Gasteiger partial charge < -0.3 is 5.73 Å². The Bertz CT molecular complexity index is 367. The lowest BCUT2D eigenvalue weighted by molar-refractivity contribution is -0.0593. The molecule has 0 atom stereocenters. The molecule has 0 aliphatic carbocycles. The average Bonchev–Trinajstić information content (AvgIpc) is 2.42. The van der Waals surface area contributed by atoms with Crippen LogP contribution in [0.4, 0.5) is 8.78 Å². The van der Waals surface area contributed by atoms with Crippen molar-refractivity contribution in [2.24, 2.45) is 5.73 Å². The molecule has 4 heteroatoms. The van der Waals surface area contributed by atoms with Crippen LogP contribution in [0.25, 0.3) is 0 Å². The van der Waals surface area contributed by atoms with Gasteiger partial charge in [0.15, 0.2) is 0 Å². The summed E-state index contributed by atoms with van der Waals surface area (Å²) in [4.78, 5) is 1.71. The van der Waals surface area contributed by atoms with Crippen molar-refractivity contribution >= 4 is 0 Å². The van der Waals surface area contributed by atoms with Crippen molar-refractivity contribution < 1.29 is 8.78 Å². The van der Waals surface area contributed by atoms with Crippen LogP contribution in [0.3, 0.4) is 0 Å². The summed E-state index contributed by atoms with van der Waals surface area (Å²) in [5.41, 5.74) is 5.51. The summed E-state index contributed by atoms with van der Waals surface area (Å²) in [5, 5.41) is 0. The Morgan fingerprint density at radius 3 is 2.05 bits per heavy atom. The summed E-state index contributed by atoms with van der Waals surface area (Å²) < 4.78 is 28.5. The third kappa shape index (κ3) is 3.51. The predicted molar refractivity (Wildman–Crippen MR) is 75.3 cm³/mol. The molecule has 0 aliphatic rings. The first-order chi connectivity index (χ1) is 8.91. The molecule has 0 heterocycles. The molecule has 0 amide bonds. The Balaban J connectivity index is 2.88. The van der Waals surface area contributed by atoms with E-state index in [0.29, 0.717) is 6.54 Å². The van der Waals surface area contributed by atoms with E-state index in [-0.39, 0.29) is 17.6 Å². The second-order valence-electron chi connectivity index (χ2n) is 5.06.